The van der Waals surface area contributed by atoms with Crippen LogP contribution in [0, 0.1) is 22.9 Å². The van der Waals surface area contributed by atoms with E-state index in [0.717, 1.165) is 6.26 Å². The number of hydrogen-bond acceptors (Lipinski definition) is 8. The van der Waals surface area contributed by atoms with Crippen LogP contribution in [0.15, 0.2) is 59.5 Å². The highest BCUT2D eigenvalue weighted by Crippen LogP contribution is 2.33. The average molecular weight is 520 g/mol. The molecular formula is C24H26FN3O7S. The minimum Gasteiger partial charge on any atom is -0.464 e. The van der Waals surface area contributed by atoms with Crippen LogP contribution in [-0.2, 0) is 24.2 Å². The molecule has 1 aromatic heterocycles. The molecule has 36 heavy (non-hydrogen) atoms. The summed E-state index contributed by atoms with van der Waals surface area (Å²) < 4.78 is 44.7. The van der Waals surface area contributed by atoms with E-state index in [1.807, 2.05) is 0 Å². The van der Waals surface area contributed by atoms with E-state index >= 15 is 0 Å². The van der Waals surface area contributed by atoms with Gasteiger partial charge in [-0.3, -0.25) is 0 Å². The van der Waals surface area contributed by atoms with Gasteiger partial charge in [0.05, 0.1) is 23.8 Å². The third-order valence-electron chi connectivity index (χ3n) is 5.50. The Morgan fingerprint density at radius 2 is 1.81 bits per heavy atom. The maximum absolute atomic E-state index is 14.0. The smallest absolute Gasteiger partial charge is 0.327 e. The van der Waals surface area contributed by atoms with Gasteiger partial charge in [-0.25, -0.2) is 17.6 Å². The molecule has 3 rings (SSSR count). The molecule has 0 saturated heterocycles. The van der Waals surface area contributed by atoms with Crippen molar-refractivity contribution in [3.63, 3.8) is 0 Å². The van der Waals surface area contributed by atoms with Crippen molar-refractivity contribution in [3.8, 4) is 16.9 Å². The zero-order valence-corrected chi connectivity index (χ0v) is 20.5. The SMILES string of the molecule is Cc1c(C(N)C(=O)OCCCCO[N+](=O)[O-])cc(-c2ccc(S(C)(=O)=O)cc2)n1-c1cccc(F)c1. The van der Waals surface area contributed by atoms with Crippen LogP contribution in [0.25, 0.3) is 16.9 Å². The molecule has 0 amide bonds. The second-order valence-corrected chi connectivity index (χ2v) is 10.1. The lowest BCUT2D eigenvalue weighted by molar-refractivity contribution is -0.757. The van der Waals surface area contributed by atoms with Crippen LogP contribution in [0.3, 0.4) is 0 Å². The van der Waals surface area contributed by atoms with Crippen LogP contribution < -0.4 is 5.73 Å². The van der Waals surface area contributed by atoms with Gasteiger partial charge in [-0.05, 0) is 61.7 Å². The van der Waals surface area contributed by atoms with Gasteiger partial charge in [-0.2, -0.15) is 0 Å². The first kappa shape index (κ1) is 26.8. The number of esters is 1. The summed E-state index contributed by atoms with van der Waals surface area (Å²) in [6, 6.07) is 12.6. The van der Waals surface area contributed by atoms with Gasteiger partial charge < -0.3 is 19.9 Å². The summed E-state index contributed by atoms with van der Waals surface area (Å²) in [5, 5.41) is 9.28. The van der Waals surface area contributed by atoms with Crippen LogP contribution in [0.2, 0.25) is 0 Å². The summed E-state index contributed by atoms with van der Waals surface area (Å²) in [6.45, 7) is 1.64. The molecule has 0 fully saturated rings. The highest BCUT2D eigenvalue weighted by Gasteiger charge is 2.25. The Morgan fingerprint density at radius 3 is 2.42 bits per heavy atom. The second-order valence-electron chi connectivity index (χ2n) is 8.09. The molecule has 2 N–H and O–H groups in total. The summed E-state index contributed by atoms with van der Waals surface area (Å²) in [7, 11) is -3.40. The minimum atomic E-state index is -3.40. The molecule has 3 aromatic rings. The van der Waals surface area contributed by atoms with Gasteiger partial charge in [0.15, 0.2) is 9.84 Å². The molecule has 0 aliphatic carbocycles. The number of rotatable bonds is 11. The number of carbonyl (C=O) groups is 1. The summed E-state index contributed by atoms with van der Waals surface area (Å²) in [5.41, 5.74) is 8.94. The van der Waals surface area contributed by atoms with Gasteiger partial charge in [0, 0.05) is 23.2 Å². The highest BCUT2D eigenvalue weighted by atomic mass is 32.2. The third kappa shape index (κ3) is 6.46. The number of nitrogens with two attached hydrogens (primary N) is 1. The van der Waals surface area contributed by atoms with E-state index in [1.165, 1.54) is 24.3 Å². The van der Waals surface area contributed by atoms with Crippen LogP contribution >= 0.6 is 0 Å². The van der Waals surface area contributed by atoms with Crippen molar-refractivity contribution in [2.24, 2.45) is 5.73 Å². The number of aromatic nitrogens is 1. The molecular weight excluding hydrogens is 493 g/mol. The summed E-state index contributed by atoms with van der Waals surface area (Å²) in [6.07, 6.45) is 1.79. The average Bonchev–Trinajstić information content (AvgIpc) is 3.17. The number of ether oxygens (including phenoxy) is 1. The van der Waals surface area contributed by atoms with E-state index in [4.69, 9.17) is 10.5 Å². The molecule has 0 spiro atoms. The van der Waals surface area contributed by atoms with Gasteiger partial charge in [0.1, 0.15) is 11.9 Å². The molecule has 12 heteroatoms. The number of sulfone groups is 1. The molecule has 10 nitrogen and oxygen atoms in total. The number of nitrogens with zero attached hydrogens (tertiary/aromatic N) is 2. The number of unbranched alkanes of at least 4 members (excludes halogenated alkanes) is 1. The molecule has 192 valence electrons. The number of hydrogen-bond donors (Lipinski definition) is 1. The van der Waals surface area contributed by atoms with Gasteiger partial charge in [-0.15, -0.1) is 10.1 Å². The fourth-order valence-electron chi connectivity index (χ4n) is 3.71. The second kappa shape index (κ2) is 11.3. The quantitative estimate of drug-likeness (QED) is 0.175. The maximum atomic E-state index is 14.0. The largest absolute Gasteiger partial charge is 0.464 e. The van der Waals surface area contributed by atoms with Crippen molar-refractivity contribution in [1.29, 1.82) is 0 Å². The van der Waals surface area contributed by atoms with Crippen LogP contribution in [-0.4, -0.2) is 43.5 Å². The number of carbonyl (C=O) groups excluding carboxylic acids is 1. The molecule has 1 unspecified atom stereocenters. The normalized spacial score (nSPS) is 12.2. The first-order chi connectivity index (χ1) is 17.0. The van der Waals surface area contributed by atoms with Gasteiger partial charge in [0.2, 0.25) is 0 Å². The Balaban J connectivity index is 1.90. The van der Waals surface area contributed by atoms with Gasteiger partial charge >= 0.3 is 5.97 Å². The van der Waals surface area contributed by atoms with Crippen molar-refractivity contribution in [3.05, 3.63) is 81.8 Å². The van der Waals surface area contributed by atoms with Crippen molar-refractivity contribution >= 4 is 15.8 Å². The number of benzene rings is 2. The first-order valence-electron chi connectivity index (χ1n) is 11.0. The van der Waals surface area contributed by atoms with Crippen molar-refractivity contribution in [2.75, 3.05) is 19.5 Å². The third-order valence-corrected chi connectivity index (χ3v) is 6.63. The van der Waals surface area contributed by atoms with Crippen molar-refractivity contribution in [2.45, 2.75) is 30.7 Å². The van der Waals surface area contributed by atoms with Crippen LogP contribution in [0.5, 0.6) is 0 Å². The summed E-state index contributed by atoms with van der Waals surface area (Å²) >= 11 is 0. The first-order valence-corrected chi connectivity index (χ1v) is 12.9. The monoisotopic (exact) mass is 519 g/mol. The molecule has 0 radical (unpaired) electrons. The zero-order chi connectivity index (χ0) is 26.5. The van der Waals surface area contributed by atoms with Crippen molar-refractivity contribution < 1.29 is 32.3 Å². The lowest BCUT2D eigenvalue weighted by Crippen LogP contribution is -2.24. The maximum Gasteiger partial charge on any atom is 0.327 e. The van der Waals surface area contributed by atoms with E-state index in [9.17, 15) is 27.7 Å². The molecule has 0 aliphatic heterocycles. The summed E-state index contributed by atoms with van der Waals surface area (Å²) in [5.74, 6) is -1.14. The lowest BCUT2D eigenvalue weighted by atomic mass is 10.1. The highest BCUT2D eigenvalue weighted by molar-refractivity contribution is 7.90. The molecule has 2 aromatic carbocycles. The Morgan fingerprint density at radius 1 is 1.14 bits per heavy atom. The fraction of sp³-hybridized carbons (Fsp3) is 0.292. The van der Waals surface area contributed by atoms with E-state index in [0.29, 0.717) is 41.0 Å². The predicted molar refractivity (Wildman–Crippen MR) is 129 cm³/mol. The Bertz CT molecular complexity index is 1350. The Hall–Kier alpha value is -3.77. The molecule has 0 aliphatic rings. The zero-order valence-electron chi connectivity index (χ0n) is 19.7. The fourth-order valence-corrected chi connectivity index (χ4v) is 4.34. The molecule has 0 saturated carbocycles. The van der Waals surface area contributed by atoms with Gasteiger partial charge in [-0.1, -0.05) is 18.2 Å². The van der Waals surface area contributed by atoms with E-state index in [2.05, 4.69) is 4.84 Å². The standard InChI is InChI=1S/C24H26FN3O7S/c1-16-21(23(26)24(29)34-12-3-4-13-35-28(30)31)15-22(27(16)19-7-5-6-18(25)14-19)17-8-10-20(11-9-17)36(2,32)33/h5-11,14-15,23H,3-4,12-13,26H2,1-2H3. The lowest BCUT2D eigenvalue weighted by Gasteiger charge is -2.14. The van der Waals surface area contributed by atoms with E-state index < -0.39 is 32.8 Å². The van der Waals surface area contributed by atoms with E-state index in [1.54, 1.807) is 41.8 Å². The predicted octanol–water partition coefficient (Wildman–Crippen LogP) is 3.53. The minimum absolute atomic E-state index is 0.0110. The summed E-state index contributed by atoms with van der Waals surface area (Å²) in [4.78, 5) is 27.1. The Labute approximate surface area is 207 Å². The van der Waals surface area contributed by atoms with Crippen LogP contribution in [0.4, 0.5) is 4.39 Å². The van der Waals surface area contributed by atoms with Crippen molar-refractivity contribution in [1.82, 2.24) is 4.57 Å². The number of halogens is 1. The molecule has 1 heterocycles. The van der Waals surface area contributed by atoms with E-state index in [-0.39, 0.29) is 18.1 Å². The topological polar surface area (TPSA) is 144 Å². The van der Waals surface area contributed by atoms with Crippen LogP contribution in [0.1, 0.15) is 30.1 Å². The van der Waals surface area contributed by atoms with Gasteiger partial charge in [0.25, 0.3) is 5.09 Å². The Kier molecular flexibility index (Phi) is 8.43. The molecule has 0 bridgehead atoms. The molecule has 1 atom stereocenters.